The SMILES string of the molecule is COc1ccc(NC(=O)CSc2nnc(CNC(=O)c3cccc([N+](=O)[O-])c3C)n2-c2cccc(Cl)c2)cc1. The molecule has 0 saturated carbocycles. The highest BCUT2D eigenvalue weighted by atomic mass is 35.5. The Morgan fingerprint density at radius 3 is 2.54 bits per heavy atom. The van der Waals surface area contributed by atoms with E-state index >= 15 is 0 Å². The van der Waals surface area contributed by atoms with Crippen LogP contribution >= 0.6 is 23.4 Å². The van der Waals surface area contributed by atoms with Crippen molar-refractivity contribution in [2.45, 2.75) is 18.6 Å². The van der Waals surface area contributed by atoms with E-state index in [1.165, 1.54) is 25.1 Å². The van der Waals surface area contributed by atoms with Crippen molar-refractivity contribution in [2.75, 3.05) is 18.2 Å². The van der Waals surface area contributed by atoms with E-state index in [0.29, 0.717) is 33.1 Å². The number of amides is 2. The van der Waals surface area contributed by atoms with Crippen LogP contribution < -0.4 is 15.4 Å². The third-order valence-electron chi connectivity index (χ3n) is 5.63. The highest BCUT2D eigenvalue weighted by molar-refractivity contribution is 7.99. The van der Waals surface area contributed by atoms with Gasteiger partial charge in [0.1, 0.15) is 5.75 Å². The smallest absolute Gasteiger partial charge is 0.273 e. The number of carbonyl (C=O) groups excluding carboxylic acids is 2. The van der Waals surface area contributed by atoms with E-state index in [2.05, 4.69) is 20.8 Å². The molecule has 2 amide bonds. The van der Waals surface area contributed by atoms with Crippen LogP contribution in [0.5, 0.6) is 5.75 Å². The van der Waals surface area contributed by atoms with Gasteiger partial charge in [-0.3, -0.25) is 24.3 Å². The molecule has 0 aliphatic carbocycles. The van der Waals surface area contributed by atoms with Crippen molar-refractivity contribution in [3.63, 3.8) is 0 Å². The van der Waals surface area contributed by atoms with Gasteiger partial charge < -0.3 is 15.4 Å². The van der Waals surface area contributed by atoms with Crippen LogP contribution in [-0.4, -0.2) is 44.4 Å². The van der Waals surface area contributed by atoms with Crippen LogP contribution in [0.15, 0.2) is 71.9 Å². The van der Waals surface area contributed by atoms with Crippen molar-refractivity contribution in [3.8, 4) is 11.4 Å². The number of aromatic nitrogens is 3. The molecule has 0 fully saturated rings. The maximum Gasteiger partial charge on any atom is 0.273 e. The molecule has 0 unspecified atom stereocenters. The van der Waals surface area contributed by atoms with Crippen molar-refractivity contribution in [2.24, 2.45) is 0 Å². The highest BCUT2D eigenvalue weighted by Crippen LogP contribution is 2.25. The zero-order valence-corrected chi connectivity index (χ0v) is 22.5. The molecule has 0 bridgehead atoms. The predicted molar refractivity (Wildman–Crippen MR) is 148 cm³/mol. The lowest BCUT2D eigenvalue weighted by atomic mass is 10.1. The lowest BCUT2D eigenvalue weighted by Crippen LogP contribution is -2.25. The fourth-order valence-corrected chi connectivity index (χ4v) is 4.66. The number of carbonyl (C=O) groups is 2. The van der Waals surface area contributed by atoms with E-state index in [1.807, 2.05) is 0 Å². The predicted octanol–water partition coefficient (Wildman–Crippen LogP) is 4.81. The highest BCUT2D eigenvalue weighted by Gasteiger charge is 2.20. The van der Waals surface area contributed by atoms with Gasteiger partial charge in [-0.15, -0.1) is 10.2 Å². The molecule has 4 aromatic rings. The number of anilines is 1. The second-order valence-corrected chi connectivity index (χ2v) is 9.55. The van der Waals surface area contributed by atoms with Crippen LogP contribution in [0.2, 0.25) is 5.02 Å². The van der Waals surface area contributed by atoms with Gasteiger partial charge in [0.15, 0.2) is 11.0 Å². The van der Waals surface area contributed by atoms with Gasteiger partial charge in [-0.1, -0.05) is 35.5 Å². The minimum Gasteiger partial charge on any atom is -0.497 e. The number of nitro groups is 1. The summed E-state index contributed by atoms with van der Waals surface area (Å²) in [5.74, 6) is 0.361. The molecule has 0 radical (unpaired) electrons. The van der Waals surface area contributed by atoms with Gasteiger partial charge in [0.05, 0.1) is 30.0 Å². The Kier molecular flexibility index (Phi) is 8.79. The van der Waals surface area contributed by atoms with Gasteiger partial charge in [0.2, 0.25) is 5.91 Å². The fraction of sp³-hybridized carbons (Fsp3) is 0.154. The van der Waals surface area contributed by atoms with Gasteiger partial charge in [0.25, 0.3) is 11.6 Å². The third-order valence-corrected chi connectivity index (χ3v) is 6.79. The quantitative estimate of drug-likeness (QED) is 0.158. The van der Waals surface area contributed by atoms with Crippen molar-refractivity contribution in [3.05, 3.63) is 98.8 Å². The minimum absolute atomic E-state index is 0.0287. The van der Waals surface area contributed by atoms with Gasteiger partial charge in [0, 0.05) is 27.9 Å². The molecular formula is C26H23ClN6O5S. The van der Waals surface area contributed by atoms with Gasteiger partial charge in [-0.25, -0.2) is 0 Å². The standard InChI is InChI=1S/C26H23ClN6O5S/c1-16-21(7-4-8-22(16)33(36)37)25(35)28-14-23-30-31-26(32(23)19-6-3-5-17(27)13-19)39-15-24(34)29-18-9-11-20(38-2)12-10-18/h3-13H,14-15H2,1-2H3,(H,28,35)(H,29,34). The van der Waals surface area contributed by atoms with Crippen molar-refractivity contribution >= 4 is 46.6 Å². The van der Waals surface area contributed by atoms with Crippen molar-refractivity contribution in [1.82, 2.24) is 20.1 Å². The number of benzene rings is 3. The first kappa shape index (κ1) is 27.6. The average Bonchev–Trinajstić information content (AvgIpc) is 3.33. The Morgan fingerprint density at radius 2 is 1.85 bits per heavy atom. The zero-order chi connectivity index (χ0) is 27.9. The molecule has 1 aromatic heterocycles. The van der Waals surface area contributed by atoms with Crippen LogP contribution in [0.3, 0.4) is 0 Å². The number of thioether (sulfide) groups is 1. The minimum atomic E-state index is -0.532. The molecule has 0 saturated heterocycles. The summed E-state index contributed by atoms with van der Waals surface area (Å²) < 4.78 is 6.82. The van der Waals surface area contributed by atoms with Crippen molar-refractivity contribution < 1.29 is 19.2 Å². The molecule has 0 spiro atoms. The van der Waals surface area contributed by atoms with Gasteiger partial charge in [-0.05, 0) is 55.5 Å². The number of methoxy groups -OCH3 is 1. The molecule has 13 heteroatoms. The second kappa shape index (κ2) is 12.4. The first-order valence-electron chi connectivity index (χ1n) is 11.6. The van der Waals surface area contributed by atoms with Crippen LogP contribution in [0.25, 0.3) is 5.69 Å². The molecular weight excluding hydrogens is 544 g/mol. The van der Waals surface area contributed by atoms with Crippen LogP contribution in [0, 0.1) is 17.0 Å². The Labute approximate surface area is 232 Å². The summed E-state index contributed by atoms with van der Waals surface area (Å²) in [7, 11) is 1.56. The summed E-state index contributed by atoms with van der Waals surface area (Å²) in [6.07, 6.45) is 0. The summed E-state index contributed by atoms with van der Waals surface area (Å²) in [6.45, 7) is 1.49. The monoisotopic (exact) mass is 566 g/mol. The molecule has 11 nitrogen and oxygen atoms in total. The van der Waals surface area contributed by atoms with E-state index in [0.717, 1.165) is 11.8 Å². The second-order valence-electron chi connectivity index (χ2n) is 8.17. The Hall–Kier alpha value is -4.42. The lowest BCUT2D eigenvalue weighted by molar-refractivity contribution is -0.385. The normalized spacial score (nSPS) is 10.6. The zero-order valence-electron chi connectivity index (χ0n) is 20.9. The maximum atomic E-state index is 12.9. The van der Waals surface area contributed by atoms with E-state index < -0.39 is 10.8 Å². The number of hydrogen-bond acceptors (Lipinski definition) is 8. The summed E-state index contributed by atoms with van der Waals surface area (Å²) >= 11 is 7.38. The molecule has 39 heavy (non-hydrogen) atoms. The number of nitrogens with zero attached hydrogens (tertiary/aromatic N) is 4. The summed E-state index contributed by atoms with van der Waals surface area (Å²) in [5, 5.41) is 26.2. The summed E-state index contributed by atoms with van der Waals surface area (Å²) in [4.78, 5) is 36.2. The Morgan fingerprint density at radius 1 is 1.10 bits per heavy atom. The molecule has 4 rings (SSSR count). The first-order valence-corrected chi connectivity index (χ1v) is 12.9. The van der Waals surface area contributed by atoms with Crippen LogP contribution in [0.4, 0.5) is 11.4 Å². The molecule has 2 N–H and O–H groups in total. The molecule has 3 aromatic carbocycles. The molecule has 1 heterocycles. The average molecular weight is 567 g/mol. The summed E-state index contributed by atoms with van der Waals surface area (Å²) in [6, 6.07) is 18.3. The van der Waals surface area contributed by atoms with E-state index in [9.17, 15) is 19.7 Å². The number of nitro benzene ring substituents is 1. The Balaban J connectivity index is 1.51. The number of nitrogens with one attached hydrogen (secondary N) is 2. The van der Waals surface area contributed by atoms with Crippen LogP contribution in [-0.2, 0) is 11.3 Å². The van der Waals surface area contributed by atoms with Gasteiger partial charge in [-0.2, -0.15) is 0 Å². The number of halogens is 1. The van der Waals surface area contributed by atoms with E-state index in [4.69, 9.17) is 16.3 Å². The lowest BCUT2D eigenvalue weighted by Gasteiger charge is -2.12. The molecule has 200 valence electrons. The number of ether oxygens (including phenoxy) is 1. The van der Waals surface area contributed by atoms with Crippen LogP contribution in [0.1, 0.15) is 21.7 Å². The van der Waals surface area contributed by atoms with E-state index in [-0.39, 0.29) is 35.0 Å². The number of hydrogen-bond donors (Lipinski definition) is 2. The van der Waals surface area contributed by atoms with Crippen molar-refractivity contribution in [1.29, 1.82) is 0 Å². The molecule has 0 atom stereocenters. The van der Waals surface area contributed by atoms with Gasteiger partial charge >= 0.3 is 0 Å². The van der Waals surface area contributed by atoms with E-state index in [1.54, 1.807) is 60.2 Å². The first-order chi connectivity index (χ1) is 18.8. The topological polar surface area (TPSA) is 141 Å². The molecule has 0 aliphatic rings. The third kappa shape index (κ3) is 6.72. The summed E-state index contributed by atoms with van der Waals surface area (Å²) in [5.41, 5.74) is 1.56. The number of rotatable bonds is 10. The fourth-order valence-electron chi connectivity index (χ4n) is 3.71. The maximum absolute atomic E-state index is 12.9. The molecule has 0 aliphatic heterocycles. The largest absolute Gasteiger partial charge is 0.497 e. The Bertz CT molecular complexity index is 1530.